The lowest BCUT2D eigenvalue weighted by Gasteiger charge is -2.39. The number of aromatic nitrogens is 3. The minimum atomic E-state index is -0.553. The predicted molar refractivity (Wildman–Crippen MR) is 146 cm³/mol. The number of piperidine rings is 1. The van der Waals surface area contributed by atoms with Crippen molar-refractivity contribution in [2.45, 2.75) is 18.4 Å². The number of hydrogen-bond donors (Lipinski definition) is 4. The number of rotatable bonds is 4. The maximum Gasteiger partial charge on any atom is 0.280 e. The van der Waals surface area contributed by atoms with Gasteiger partial charge in [0.15, 0.2) is 28.4 Å². The van der Waals surface area contributed by atoms with Crippen molar-refractivity contribution in [3.63, 3.8) is 0 Å². The van der Waals surface area contributed by atoms with Crippen LogP contribution in [-0.2, 0) is 0 Å². The smallest absolute Gasteiger partial charge is 0.280 e. The first-order valence-electron chi connectivity index (χ1n) is 12.6. The fourth-order valence-electron chi connectivity index (χ4n) is 4.89. The fourth-order valence-corrected chi connectivity index (χ4v) is 5.11. The Morgan fingerprint density at radius 2 is 1.84 bits per heavy atom. The number of nitrogens with zero attached hydrogens (tertiary/aromatic N) is 7. The number of amides is 2. The van der Waals surface area contributed by atoms with E-state index in [1.165, 1.54) is 0 Å². The summed E-state index contributed by atoms with van der Waals surface area (Å²) in [6.45, 7) is 5.50. The average molecular weight is 542 g/mol. The van der Waals surface area contributed by atoms with Crippen LogP contribution in [0.15, 0.2) is 23.3 Å². The lowest BCUT2D eigenvalue weighted by Crippen LogP contribution is -2.57. The number of carbonyl (C=O) groups excluding carboxylic acids is 2. The Morgan fingerprint density at radius 3 is 2.50 bits per heavy atom. The third-order valence-corrected chi connectivity index (χ3v) is 7.58. The number of halogens is 1. The van der Waals surface area contributed by atoms with Gasteiger partial charge >= 0.3 is 0 Å². The summed E-state index contributed by atoms with van der Waals surface area (Å²) in [6.07, 6.45) is 3.06. The average Bonchev–Trinajstić information content (AvgIpc) is 3.31. The normalized spacial score (nSPS) is 19.2. The lowest BCUT2D eigenvalue weighted by molar-refractivity contribution is 0.0668. The summed E-state index contributed by atoms with van der Waals surface area (Å²) in [5, 5.41) is 8.86. The molecule has 0 aliphatic carbocycles. The number of piperazine rings is 1. The molecule has 0 unspecified atom stereocenters. The molecule has 5 heterocycles. The minimum absolute atomic E-state index is 0.0272. The maximum atomic E-state index is 13.1. The molecule has 3 aliphatic rings. The third-order valence-electron chi connectivity index (χ3n) is 7.32. The van der Waals surface area contributed by atoms with E-state index in [9.17, 15) is 9.59 Å². The van der Waals surface area contributed by atoms with Crippen LogP contribution >= 0.6 is 11.6 Å². The first-order valence-corrected chi connectivity index (χ1v) is 13.0. The SMILES string of the molecule is CNc1nc(N)c(C(=O)NC2=NCC3(CCN(C(=O)c4ccc(N5CCN(C)CC5)nc4)CC3)N2)nc1Cl. The standard InChI is InChI=1S/C24H32ClN11O2/c1-27-20-18(25)30-17(19(26)31-20)21(37)32-23-29-14-24(33-23)5-7-36(8-6-24)22(38)15-3-4-16(28-13-15)35-11-9-34(2)10-12-35/h3-4,13H,5-12,14H2,1-2H3,(H3,26,27,31)(H2,29,32,33,37). The van der Waals surface area contributed by atoms with Crippen LogP contribution in [0.3, 0.4) is 0 Å². The second-order valence-corrected chi connectivity index (χ2v) is 10.2. The molecule has 14 heteroatoms. The van der Waals surface area contributed by atoms with Crippen molar-refractivity contribution < 1.29 is 9.59 Å². The highest BCUT2D eigenvalue weighted by atomic mass is 35.5. The van der Waals surface area contributed by atoms with E-state index in [0.29, 0.717) is 49.8 Å². The number of carbonyl (C=O) groups is 2. The van der Waals surface area contributed by atoms with Crippen molar-refractivity contribution in [2.24, 2.45) is 4.99 Å². The van der Waals surface area contributed by atoms with E-state index >= 15 is 0 Å². The molecular formula is C24H32ClN11O2. The summed E-state index contributed by atoms with van der Waals surface area (Å²) in [7, 11) is 3.75. The zero-order valence-electron chi connectivity index (χ0n) is 21.5. The largest absolute Gasteiger partial charge is 0.382 e. The summed E-state index contributed by atoms with van der Waals surface area (Å²) in [5.41, 5.74) is 6.07. The molecule has 5 rings (SSSR count). The molecule has 0 saturated carbocycles. The number of nitrogens with one attached hydrogen (secondary N) is 3. The van der Waals surface area contributed by atoms with Crippen molar-refractivity contribution in [3.8, 4) is 0 Å². The van der Waals surface area contributed by atoms with Gasteiger partial charge in [-0.05, 0) is 32.0 Å². The molecule has 0 radical (unpaired) electrons. The molecule has 0 aromatic carbocycles. The van der Waals surface area contributed by atoms with E-state index in [0.717, 1.165) is 32.0 Å². The molecule has 1 spiro atoms. The van der Waals surface area contributed by atoms with Gasteiger partial charge in [0.05, 0.1) is 17.6 Å². The Labute approximate surface area is 225 Å². The predicted octanol–water partition coefficient (Wildman–Crippen LogP) is 0.265. The molecule has 2 saturated heterocycles. The van der Waals surface area contributed by atoms with Crippen molar-refractivity contribution in [1.29, 1.82) is 0 Å². The molecule has 0 bridgehead atoms. The van der Waals surface area contributed by atoms with Crippen molar-refractivity contribution >= 4 is 46.8 Å². The Bertz CT molecular complexity index is 1240. The van der Waals surface area contributed by atoms with Crippen LogP contribution < -0.4 is 26.6 Å². The number of nitrogen functional groups attached to an aromatic ring is 1. The van der Waals surface area contributed by atoms with E-state index in [1.54, 1.807) is 13.2 Å². The molecule has 5 N–H and O–H groups in total. The van der Waals surface area contributed by atoms with Gasteiger partial charge in [0.25, 0.3) is 11.8 Å². The summed E-state index contributed by atoms with van der Waals surface area (Å²) >= 11 is 6.05. The number of pyridine rings is 1. The molecule has 3 aliphatic heterocycles. The second-order valence-electron chi connectivity index (χ2n) is 9.86. The number of guanidine groups is 1. The lowest BCUT2D eigenvalue weighted by atomic mass is 9.88. The molecule has 13 nitrogen and oxygen atoms in total. The van der Waals surface area contributed by atoms with Crippen molar-refractivity contribution in [3.05, 3.63) is 34.7 Å². The number of aliphatic imine (C=N–C) groups is 1. The van der Waals surface area contributed by atoms with Gasteiger partial charge in [0.1, 0.15) is 5.82 Å². The number of likely N-dealkylation sites (tertiary alicyclic amines) is 1. The Hall–Kier alpha value is -3.71. The maximum absolute atomic E-state index is 13.1. The van der Waals surface area contributed by atoms with E-state index in [-0.39, 0.29) is 28.1 Å². The van der Waals surface area contributed by atoms with Gasteiger partial charge in [0.2, 0.25) is 0 Å². The highest BCUT2D eigenvalue weighted by molar-refractivity contribution is 6.32. The van der Waals surface area contributed by atoms with Gasteiger partial charge in [0, 0.05) is 52.5 Å². The van der Waals surface area contributed by atoms with Crippen LogP contribution in [0.2, 0.25) is 5.15 Å². The monoisotopic (exact) mass is 541 g/mol. The molecule has 2 aromatic heterocycles. The molecular weight excluding hydrogens is 510 g/mol. The number of hydrogen-bond acceptors (Lipinski definition) is 11. The highest BCUT2D eigenvalue weighted by Gasteiger charge is 2.40. The van der Waals surface area contributed by atoms with E-state index in [4.69, 9.17) is 17.3 Å². The van der Waals surface area contributed by atoms with Crippen molar-refractivity contribution in [2.75, 3.05) is 75.9 Å². The van der Waals surface area contributed by atoms with Crippen LogP contribution in [0.1, 0.15) is 33.7 Å². The Balaban J connectivity index is 1.14. The molecule has 2 amide bonds. The third kappa shape index (κ3) is 5.29. The quantitative estimate of drug-likeness (QED) is 0.423. The summed E-state index contributed by atoms with van der Waals surface area (Å²) in [4.78, 5) is 49.4. The van der Waals surface area contributed by atoms with Crippen LogP contribution in [0.4, 0.5) is 17.5 Å². The molecule has 2 aromatic rings. The van der Waals surface area contributed by atoms with Crippen LogP contribution in [-0.4, -0.2) is 108 Å². The van der Waals surface area contributed by atoms with Crippen molar-refractivity contribution in [1.82, 2.24) is 35.4 Å². The van der Waals surface area contributed by atoms with E-state index in [1.807, 2.05) is 17.0 Å². The number of nitrogens with two attached hydrogens (primary N) is 1. The Kier molecular flexibility index (Phi) is 7.21. The molecule has 2 fully saturated rings. The summed E-state index contributed by atoms with van der Waals surface area (Å²) in [5.74, 6) is 0.917. The number of likely N-dealkylation sites (N-methyl/N-ethyl adjacent to an activating group) is 1. The topological polar surface area (TPSA) is 157 Å². The van der Waals surface area contributed by atoms with Gasteiger partial charge in [-0.3, -0.25) is 19.9 Å². The first-order chi connectivity index (χ1) is 18.3. The van der Waals surface area contributed by atoms with Gasteiger partial charge in [-0.2, -0.15) is 0 Å². The van der Waals surface area contributed by atoms with Gasteiger partial charge in [-0.25, -0.2) is 15.0 Å². The first kappa shape index (κ1) is 25.9. The van der Waals surface area contributed by atoms with Gasteiger partial charge < -0.3 is 31.1 Å². The number of anilines is 3. The zero-order valence-corrected chi connectivity index (χ0v) is 22.3. The molecule has 0 atom stereocenters. The van der Waals surface area contributed by atoms with Crippen LogP contribution in [0, 0.1) is 0 Å². The van der Waals surface area contributed by atoms with Gasteiger partial charge in [-0.15, -0.1) is 0 Å². The molecule has 202 valence electrons. The minimum Gasteiger partial charge on any atom is -0.382 e. The van der Waals surface area contributed by atoms with Gasteiger partial charge in [-0.1, -0.05) is 11.6 Å². The summed E-state index contributed by atoms with van der Waals surface area (Å²) < 4.78 is 0. The summed E-state index contributed by atoms with van der Waals surface area (Å²) in [6, 6.07) is 3.80. The second kappa shape index (κ2) is 10.6. The van der Waals surface area contributed by atoms with Crippen LogP contribution in [0.5, 0.6) is 0 Å². The Morgan fingerprint density at radius 1 is 1.11 bits per heavy atom. The van der Waals surface area contributed by atoms with E-state index < -0.39 is 5.91 Å². The van der Waals surface area contributed by atoms with E-state index in [2.05, 4.69) is 52.7 Å². The highest BCUT2D eigenvalue weighted by Crippen LogP contribution is 2.27. The zero-order chi connectivity index (χ0) is 26.9. The molecule has 38 heavy (non-hydrogen) atoms. The van der Waals surface area contributed by atoms with Crippen LogP contribution in [0.25, 0.3) is 0 Å². The fraction of sp³-hybridized carbons (Fsp3) is 0.500.